The Labute approximate surface area is 102 Å². The molecule has 2 rings (SSSR count). The molecule has 5 heteroatoms. The quantitative estimate of drug-likeness (QED) is 0.877. The van der Waals surface area contributed by atoms with Crippen LogP contribution in [0.3, 0.4) is 0 Å². The standard InChI is InChI=1S/C12H16N2O2S/c1-17(16,9-10-7-13-8-10)14-12(15)11-5-3-2-4-6-11/h2-6,10,13H,7-9H2,1H3. The lowest BCUT2D eigenvalue weighted by atomic mass is 10.1. The van der Waals surface area contributed by atoms with Gasteiger partial charge in [-0.1, -0.05) is 18.2 Å². The minimum Gasteiger partial charge on any atom is -0.316 e. The van der Waals surface area contributed by atoms with Crippen LogP contribution < -0.4 is 5.32 Å². The van der Waals surface area contributed by atoms with E-state index in [1.807, 2.05) is 6.07 Å². The van der Waals surface area contributed by atoms with Crippen LogP contribution in [0.4, 0.5) is 0 Å². The first-order valence-corrected chi connectivity index (χ1v) is 7.66. The Morgan fingerprint density at radius 3 is 2.59 bits per heavy atom. The lowest BCUT2D eigenvalue weighted by Gasteiger charge is -2.27. The topological polar surface area (TPSA) is 58.5 Å². The molecule has 17 heavy (non-hydrogen) atoms. The second-order valence-electron chi connectivity index (χ2n) is 4.41. The molecule has 1 aromatic carbocycles. The molecule has 1 saturated heterocycles. The summed E-state index contributed by atoms with van der Waals surface area (Å²) in [4.78, 5) is 11.8. The minimum atomic E-state index is -2.40. The van der Waals surface area contributed by atoms with Crippen LogP contribution in [0.15, 0.2) is 34.7 Å². The van der Waals surface area contributed by atoms with Crippen LogP contribution in [0.1, 0.15) is 10.4 Å². The van der Waals surface area contributed by atoms with Gasteiger partial charge < -0.3 is 5.32 Å². The lowest BCUT2D eigenvalue weighted by Crippen LogP contribution is -2.45. The van der Waals surface area contributed by atoms with Crippen molar-refractivity contribution in [1.29, 1.82) is 0 Å². The molecular weight excluding hydrogens is 236 g/mol. The third kappa shape index (κ3) is 3.38. The zero-order valence-electron chi connectivity index (χ0n) is 9.76. The lowest BCUT2D eigenvalue weighted by molar-refractivity contribution is 0.100. The van der Waals surface area contributed by atoms with E-state index in [9.17, 15) is 9.00 Å². The summed E-state index contributed by atoms with van der Waals surface area (Å²) in [5, 5.41) is 3.12. The van der Waals surface area contributed by atoms with Gasteiger partial charge in [-0.05, 0) is 18.1 Å². The third-order valence-electron chi connectivity index (χ3n) is 2.71. The highest BCUT2D eigenvalue weighted by Crippen LogP contribution is 2.10. The van der Waals surface area contributed by atoms with E-state index in [4.69, 9.17) is 0 Å². The van der Waals surface area contributed by atoms with Crippen molar-refractivity contribution in [1.82, 2.24) is 5.32 Å². The molecule has 1 unspecified atom stereocenters. The number of amides is 1. The molecular formula is C12H16N2O2S. The minimum absolute atomic E-state index is 0.384. The van der Waals surface area contributed by atoms with Crippen molar-refractivity contribution in [2.24, 2.45) is 10.3 Å². The van der Waals surface area contributed by atoms with Crippen LogP contribution >= 0.6 is 0 Å². The normalized spacial score (nSPS) is 19.1. The molecule has 1 amide bonds. The van der Waals surface area contributed by atoms with E-state index in [0.717, 1.165) is 13.1 Å². The Morgan fingerprint density at radius 1 is 1.41 bits per heavy atom. The molecule has 0 spiro atoms. The summed E-state index contributed by atoms with van der Waals surface area (Å²) in [5.74, 6) is 0.503. The SMILES string of the molecule is CS(=O)(CC1CNC1)=NC(=O)c1ccccc1. The number of rotatable bonds is 3. The van der Waals surface area contributed by atoms with E-state index < -0.39 is 9.73 Å². The fourth-order valence-corrected chi connectivity index (χ4v) is 3.39. The molecule has 1 fully saturated rings. The average molecular weight is 252 g/mol. The number of benzene rings is 1. The molecule has 1 aliphatic heterocycles. The van der Waals surface area contributed by atoms with Crippen molar-refractivity contribution in [3.05, 3.63) is 35.9 Å². The first kappa shape index (κ1) is 12.3. The van der Waals surface area contributed by atoms with E-state index in [-0.39, 0.29) is 5.91 Å². The Morgan fingerprint density at radius 2 is 2.06 bits per heavy atom. The summed E-state index contributed by atoms with van der Waals surface area (Å²) in [6, 6.07) is 8.75. The number of nitrogens with one attached hydrogen (secondary N) is 1. The van der Waals surface area contributed by atoms with Gasteiger partial charge in [0, 0.05) is 30.7 Å². The zero-order chi connectivity index (χ0) is 12.3. The van der Waals surface area contributed by atoms with Crippen molar-refractivity contribution in [2.75, 3.05) is 25.1 Å². The maximum Gasteiger partial charge on any atom is 0.285 e. The Bertz CT molecular complexity index is 515. The summed E-state index contributed by atoms with van der Waals surface area (Å²) in [6.45, 7) is 1.75. The highest BCUT2D eigenvalue weighted by atomic mass is 32.2. The van der Waals surface area contributed by atoms with Crippen molar-refractivity contribution >= 4 is 15.6 Å². The monoisotopic (exact) mass is 252 g/mol. The second kappa shape index (κ2) is 4.98. The van der Waals surface area contributed by atoms with Gasteiger partial charge in [-0.2, -0.15) is 4.36 Å². The molecule has 0 radical (unpaired) electrons. The van der Waals surface area contributed by atoms with Gasteiger partial charge in [0.2, 0.25) is 0 Å². The molecule has 0 aromatic heterocycles. The van der Waals surface area contributed by atoms with E-state index in [1.165, 1.54) is 0 Å². The molecule has 4 nitrogen and oxygen atoms in total. The van der Waals surface area contributed by atoms with E-state index in [0.29, 0.717) is 17.2 Å². The van der Waals surface area contributed by atoms with Crippen molar-refractivity contribution in [3.8, 4) is 0 Å². The fraction of sp³-hybridized carbons (Fsp3) is 0.417. The predicted octanol–water partition coefficient (Wildman–Crippen LogP) is 1.14. The summed E-state index contributed by atoms with van der Waals surface area (Å²) in [6.07, 6.45) is 1.56. The fourth-order valence-electron chi connectivity index (χ4n) is 1.75. The summed E-state index contributed by atoms with van der Waals surface area (Å²) >= 11 is 0. The summed E-state index contributed by atoms with van der Waals surface area (Å²) in [7, 11) is -2.40. The van der Waals surface area contributed by atoms with Crippen molar-refractivity contribution in [3.63, 3.8) is 0 Å². The van der Waals surface area contributed by atoms with Gasteiger partial charge in [0.25, 0.3) is 5.91 Å². The van der Waals surface area contributed by atoms with E-state index in [1.54, 1.807) is 30.5 Å². The van der Waals surface area contributed by atoms with Crippen LogP contribution in [0.5, 0.6) is 0 Å². The van der Waals surface area contributed by atoms with E-state index >= 15 is 0 Å². The van der Waals surface area contributed by atoms with Crippen molar-refractivity contribution in [2.45, 2.75) is 0 Å². The first-order valence-electron chi connectivity index (χ1n) is 5.57. The second-order valence-corrected chi connectivity index (χ2v) is 6.85. The number of nitrogens with zero attached hydrogens (tertiary/aromatic N) is 1. The maximum absolute atomic E-state index is 12.2. The molecule has 0 saturated carbocycles. The zero-order valence-corrected chi connectivity index (χ0v) is 10.6. The van der Waals surface area contributed by atoms with Gasteiger partial charge in [-0.15, -0.1) is 0 Å². The van der Waals surface area contributed by atoms with Crippen LogP contribution in [0.25, 0.3) is 0 Å². The third-order valence-corrected chi connectivity index (χ3v) is 4.35. The Balaban J connectivity index is 2.12. The molecule has 1 aliphatic rings. The van der Waals surface area contributed by atoms with Gasteiger partial charge in [-0.25, -0.2) is 4.21 Å². The van der Waals surface area contributed by atoms with Crippen LogP contribution in [0.2, 0.25) is 0 Å². The highest BCUT2D eigenvalue weighted by Gasteiger charge is 2.21. The van der Waals surface area contributed by atoms with Gasteiger partial charge in [-0.3, -0.25) is 4.79 Å². The molecule has 1 N–H and O–H groups in total. The van der Waals surface area contributed by atoms with Gasteiger partial charge in [0.1, 0.15) is 0 Å². The Hall–Kier alpha value is -1.20. The number of carbonyl (C=O) groups excluding carboxylic acids is 1. The molecule has 1 heterocycles. The molecule has 1 atom stereocenters. The van der Waals surface area contributed by atoms with Gasteiger partial charge in [0.15, 0.2) is 0 Å². The molecule has 92 valence electrons. The summed E-state index contributed by atoms with van der Waals surface area (Å²) in [5.41, 5.74) is 0.494. The number of hydrogen-bond acceptors (Lipinski definition) is 3. The van der Waals surface area contributed by atoms with Gasteiger partial charge >= 0.3 is 0 Å². The molecule has 0 aliphatic carbocycles. The Kier molecular flexibility index (Phi) is 3.59. The molecule has 0 bridgehead atoms. The van der Waals surface area contributed by atoms with Gasteiger partial charge in [0.05, 0.1) is 9.73 Å². The number of carbonyl (C=O) groups is 1. The predicted molar refractivity (Wildman–Crippen MR) is 68.5 cm³/mol. The highest BCUT2D eigenvalue weighted by molar-refractivity contribution is 7.93. The first-order chi connectivity index (χ1) is 8.07. The van der Waals surface area contributed by atoms with Crippen LogP contribution in [-0.4, -0.2) is 35.2 Å². The maximum atomic E-state index is 12.2. The average Bonchev–Trinajstić information content (AvgIpc) is 2.24. The smallest absolute Gasteiger partial charge is 0.285 e. The number of hydrogen-bond donors (Lipinski definition) is 1. The van der Waals surface area contributed by atoms with Crippen molar-refractivity contribution < 1.29 is 9.00 Å². The van der Waals surface area contributed by atoms with Crippen LogP contribution in [-0.2, 0) is 9.73 Å². The largest absolute Gasteiger partial charge is 0.316 e. The molecule has 1 aromatic rings. The summed E-state index contributed by atoms with van der Waals surface area (Å²) < 4.78 is 16.0. The van der Waals surface area contributed by atoms with Crippen LogP contribution in [0, 0.1) is 5.92 Å². The van der Waals surface area contributed by atoms with E-state index in [2.05, 4.69) is 9.68 Å².